The number of nitriles is 2. The molecule has 1 amide bonds. The van der Waals surface area contributed by atoms with E-state index in [2.05, 4.69) is 21.4 Å². The lowest BCUT2D eigenvalue weighted by molar-refractivity contribution is -0.113. The second-order valence-electron chi connectivity index (χ2n) is 7.44. The van der Waals surface area contributed by atoms with Crippen LogP contribution in [-0.4, -0.2) is 21.6 Å². The maximum Gasteiger partial charge on any atom is 0.270 e. The Hall–Kier alpha value is -3.40. The van der Waals surface area contributed by atoms with E-state index in [1.807, 2.05) is 25.1 Å². The number of fused-ring (bicyclic) bond motifs is 1. The van der Waals surface area contributed by atoms with E-state index in [-0.39, 0.29) is 28.1 Å². The van der Waals surface area contributed by atoms with E-state index in [9.17, 15) is 20.1 Å². The number of carbonyl (C=O) groups excluding carboxylic acids is 1. The largest absolute Gasteiger partial charge is 0.316 e. The minimum absolute atomic E-state index is 0.00954. The molecule has 0 saturated carbocycles. The molecule has 0 atom stereocenters. The van der Waals surface area contributed by atoms with Gasteiger partial charge >= 0.3 is 0 Å². The molecule has 7 nitrogen and oxygen atoms in total. The van der Waals surface area contributed by atoms with Crippen LogP contribution in [0.4, 0.5) is 5.00 Å². The van der Waals surface area contributed by atoms with E-state index in [1.165, 1.54) is 16.2 Å². The SMILES string of the molecule is Cc1ccc(-c2nc(SCC(=O)Nc3sc4c(c3C#N)CCCC4)[nH]c(=O)c2C#N)cc1. The smallest absolute Gasteiger partial charge is 0.270 e. The van der Waals surface area contributed by atoms with Gasteiger partial charge in [0.05, 0.1) is 17.0 Å². The molecule has 2 aromatic heterocycles. The van der Waals surface area contributed by atoms with Crippen LogP contribution in [0.1, 0.15) is 40.0 Å². The number of thioether (sulfide) groups is 1. The highest BCUT2D eigenvalue weighted by molar-refractivity contribution is 7.99. The second kappa shape index (κ2) is 9.39. The number of anilines is 1. The Morgan fingerprint density at radius 2 is 1.91 bits per heavy atom. The molecule has 0 spiro atoms. The molecule has 1 aliphatic carbocycles. The zero-order valence-corrected chi connectivity index (χ0v) is 19.0. The van der Waals surface area contributed by atoms with Gasteiger partial charge in [-0.05, 0) is 38.2 Å². The fourth-order valence-electron chi connectivity index (χ4n) is 3.61. The molecule has 3 aromatic rings. The maximum atomic E-state index is 12.6. The highest BCUT2D eigenvalue weighted by Gasteiger charge is 2.22. The first-order valence-electron chi connectivity index (χ1n) is 10.1. The quantitative estimate of drug-likeness (QED) is 0.434. The molecule has 0 bridgehead atoms. The number of aromatic amines is 1. The summed E-state index contributed by atoms with van der Waals surface area (Å²) >= 11 is 2.55. The second-order valence-corrected chi connectivity index (χ2v) is 9.51. The molecule has 4 rings (SSSR count). The number of rotatable bonds is 5. The van der Waals surface area contributed by atoms with Gasteiger partial charge in [0, 0.05) is 10.4 Å². The molecule has 160 valence electrons. The van der Waals surface area contributed by atoms with Crippen molar-refractivity contribution in [3.05, 3.63) is 61.8 Å². The summed E-state index contributed by atoms with van der Waals surface area (Å²) < 4.78 is 0. The minimum atomic E-state index is -0.543. The van der Waals surface area contributed by atoms with Crippen molar-refractivity contribution in [2.24, 2.45) is 0 Å². The predicted octanol–water partition coefficient (Wildman–Crippen LogP) is 4.16. The summed E-state index contributed by atoms with van der Waals surface area (Å²) in [5, 5.41) is 22.6. The molecular weight excluding hydrogens is 442 g/mol. The van der Waals surface area contributed by atoms with Crippen LogP contribution in [0.3, 0.4) is 0 Å². The van der Waals surface area contributed by atoms with E-state index in [0.29, 0.717) is 16.1 Å². The summed E-state index contributed by atoms with van der Waals surface area (Å²) in [6.07, 6.45) is 3.97. The number of nitrogens with zero attached hydrogens (tertiary/aromatic N) is 3. The van der Waals surface area contributed by atoms with Crippen LogP contribution in [0.25, 0.3) is 11.3 Å². The molecule has 32 heavy (non-hydrogen) atoms. The van der Waals surface area contributed by atoms with Crippen molar-refractivity contribution in [1.29, 1.82) is 10.5 Å². The first-order chi connectivity index (χ1) is 15.5. The third-order valence-electron chi connectivity index (χ3n) is 5.21. The number of nitrogens with one attached hydrogen (secondary N) is 2. The Morgan fingerprint density at radius 3 is 2.62 bits per heavy atom. The zero-order chi connectivity index (χ0) is 22.7. The summed E-state index contributed by atoms with van der Waals surface area (Å²) in [5.74, 6) is -0.274. The summed E-state index contributed by atoms with van der Waals surface area (Å²) in [6.45, 7) is 1.95. The minimum Gasteiger partial charge on any atom is -0.316 e. The number of carbonyl (C=O) groups is 1. The number of hydrogen-bond acceptors (Lipinski definition) is 7. The number of amides is 1. The average molecular weight is 462 g/mol. The van der Waals surface area contributed by atoms with E-state index in [0.717, 1.165) is 48.6 Å². The van der Waals surface area contributed by atoms with Gasteiger partial charge in [0.1, 0.15) is 22.7 Å². The predicted molar refractivity (Wildman–Crippen MR) is 125 cm³/mol. The Bertz CT molecular complexity index is 1330. The summed E-state index contributed by atoms with van der Waals surface area (Å²) in [7, 11) is 0. The normalized spacial score (nSPS) is 12.5. The summed E-state index contributed by atoms with van der Waals surface area (Å²) in [6, 6.07) is 11.5. The zero-order valence-electron chi connectivity index (χ0n) is 17.3. The number of thiophene rings is 1. The molecule has 0 unspecified atom stereocenters. The third kappa shape index (κ3) is 4.45. The van der Waals surface area contributed by atoms with Gasteiger partial charge in [-0.2, -0.15) is 10.5 Å². The van der Waals surface area contributed by atoms with Crippen molar-refractivity contribution >= 4 is 34.0 Å². The third-order valence-corrected chi connectivity index (χ3v) is 7.29. The fraction of sp³-hybridized carbons (Fsp3) is 0.261. The van der Waals surface area contributed by atoms with Crippen LogP contribution in [0.5, 0.6) is 0 Å². The molecule has 0 aliphatic heterocycles. The van der Waals surface area contributed by atoms with Crippen LogP contribution in [-0.2, 0) is 17.6 Å². The van der Waals surface area contributed by atoms with Gasteiger partial charge in [-0.3, -0.25) is 9.59 Å². The van der Waals surface area contributed by atoms with Gasteiger partial charge in [0.15, 0.2) is 5.16 Å². The van der Waals surface area contributed by atoms with Gasteiger partial charge in [-0.25, -0.2) is 4.98 Å². The lowest BCUT2D eigenvalue weighted by Crippen LogP contribution is -2.17. The number of aromatic nitrogens is 2. The van der Waals surface area contributed by atoms with Gasteiger partial charge in [0.25, 0.3) is 5.56 Å². The Morgan fingerprint density at radius 1 is 1.19 bits per heavy atom. The van der Waals surface area contributed by atoms with Gasteiger partial charge in [-0.1, -0.05) is 41.6 Å². The molecule has 0 fully saturated rings. The molecule has 9 heteroatoms. The van der Waals surface area contributed by atoms with Gasteiger partial charge in [0.2, 0.25) is 5.91 Å². The Balaban J connectivity index is 1.52. The Labute approximate surface area is 193 Å². The number of benzene rings is 1. The van der Waals surface area contributed by atoms with Crippen molar-refractivity contribution < 1.29 is 4.79 Å². The van der Waals surface area contributed by atoms with E-state index < -0.39 is 5.56 Å². The van der Waals surface area contributed by atoms with Crippen molar-refractivity contribution in [2.45, 2.75) is 37.8 Å². The number of hydrogen-bond donors (Lipinski definition) is 2. The molecule has 1 aliphatic rings. The van der Waals surface area contributed by atoms with Crippen molar-refractivity contribution in [3.63, 3.8) is 0 Å². The van der Waals surface area contributed by atoms with Gasteiger partial charge < -0.3 is 10.3 Å². The molecule has 2 N–H and O–H groups in total. The number of aryl methyl sites for hydroxylation is 2. The van der Waals surface area contributed by atoms with Crippen LogP contribution in [0.15, 0.2) is 34.2 Å². The van der Waals surface area contributed by atoms with Crippen LogP contribution in [0, 0.1) is 29.6 Å². The van der Waals surface area contributed by atoms with Gasteiger partial charge in [-0.15, -0.1) is 11.3 Å². The van der Waals surface area contributed by atoms with Crippen LogP contribution in [0.2, 0.25) is 0 Å². The van der Waals surface area contributed by atoms with E-state index in [1.54, 1.807) is 12.1 Å². The highest BCUT2D eigenvalue weighted by Crippen LogP contribution is 2.37. The molecule has 2 heterocycles. The average Bonchev–Trinajstić information content (AvgIpc) is 3.14. The number of H-pyrrole nitrogens is 1. The molecule has 0 radical (unpaired) electrons. The van der Waals surface area contributed by atoms with Crippen LogP contribution >= 0.6 is 23.1 Å². The van der Waals surface area contributed by atoms with E-state index >= 15 is 0 Å². The van der Waals surface area contributed by atoms with Crippen LogP contribution < -0.4 is 10.9 Å². The van der Waals surface area contributed by atoms with Crippen molar-refractivity contribution in [2.75, 3.05) is 11.1 Å². The molecular formula is C23H19N5O2S2. The first-order valence-corrected chi connectivity index (χ1v) is 11.9. The summed E-state index contributed by atoms with van der Waals surface area (Å²) in [4.78, 5) is 33.1. The molecule has 1 aromatic carbocycles. The topological polar surface area (TPSA) is 122 Å². The molecule has 0 saturated heterocycles. The van der Waals surface area contributed by atoms with Crippen molar-refractivity contribution in [3.8, 4) is 23.4 Å². The first kappa shape index (κ1) is 21.8. The standard InChI is InChI=1S/C23H19N5O2S2/c1-13-6-8-14(9-7-13)20-17(11-25)21(30)28-23(27-20)31-12-19(29)26-22-16(10-24)15-4-2-3-5-18(15)32-22/h6-9H,2-5,12H2,1H3,(H,26,29)(H,27,28,30). The monoisotopic (exact) mass is 461 g/mol. The lowest BCUT2D eigenvalue weighted by atomic mass is 9.96. The fourth-order valence-corrected chi connectivity index (χ4v) is 5.53. The lowest BCUT2D eigenvalue weighted by Gasteiger charge is -2.09. The van der Waals surface area contributed by atoms with Crippen molar-refractivity contribution in [1.82, 2.24) is 9.97 Å². The Kier molecular flexibility index (Phi) is 6.40. The van der Waals surface area contributed by atoms with E-state index in [4.69, 9.17) is 0 Å². The highest BCUT2D eigenvalue weighted by atomic mass is 32.2. The summed E-state index contributed by atoms with van der Waals surface area (Å²) in [5.41, 5.74) is 3.02. The maximum absolute atomic E-state index is 12.6.